The van der Waals surface area contributed by atoms with Crippen LogP contribution >= 0.6 is 0 Å². The van der Waals surface area contributed by atoms with Crippen molar-refractivity contribution in [3.05, 3.63) is 47.5 Å². The lowest BCUT2D eigenvalue weighted by molar-refractivity contribution is -0.131. The molecule has 0 fully saturated rings. The first kappa shape index (κ1) is 36.0. The highest BCUT2D eigenvalue weighted by Crippen LogP contribution is 2.29. The van der Waals surface area contributed by atoms with Gasteiger partial charge in [-0.3, -0.25) is 19.2 Å². The fourth-order valence-electron chi connectivity index (χ4n) is 4.28. The number of phenolic OH excluding ortho intramolecular Hbond substituents is 2. The summed E-state index contributed by atoms with van der Waals surface area (Å²) in [5, 5.41) is 30.3. The molecule has 44 heavy (non-hydrogen) atoms. The average molecular weight is 615 g/mol. The Balaban J connectivity index is 1.91. The average Bonchev–Trinajstić information content (AvgIpc) is 3.00. The summed E-state index contributed by atoms with van der Waals surface area (Å²) in [5.74, 6) is -2.14. The molecule has 0 aromatic heterocycles. The van der Waals surface area contributed by atoms with Crippen LogP contribution in [0.3, 0.4) is 0 Å². The molecule has 0 aliphatic heterocycles. The van der Waals surface area contributed by atoms with Gasteiger partial charge in [-0.2, -0.15) is 0 Å². The van der Waals surface area contributed by atoms with E-state index in [1.165, 1.54) is 6.07 Å². The molecular formula is C30H46N8O6. The molecule has 0 bridgehead atoms. The molecule has 14 nitrogen and oxygen atoms in total. The number of nitrogens with two attached hydrogens (primary N) is 4. The van der Waals surface area contributed by atoms with Crippen LogP contribution in [0.2, 0.25) is 0 Å². The third-order valence-electron chi connectivity index (χ3n) is 6.93. The molecule has 14 N–H and O–H groups in total. The van der Waals surface area contributed by atoms with Crippen molar-refractivity contribution < 1.29 is 29.4 Å². The molecular weight excluding hydrogens is 568 g/mol. The highest BCUT2D eigenvalue weighted by molar-refractivity contribution is 5.92. The van der Waals surface area contributed by atoms with E-state index < -0.39 is 42.3 Å². The molecule has 242 valence electrons. The Kier molecular flexibility index (Phi) is 15.1. The topological polar surface area (TPSA) is 261 Å². The maximum Gasteiger partial charge on any atom is 0.243 e. The van der Waals surface area contributed by atoms with Crippen LogP contribution in [0.4, 0.5) is 0 Å². The predicted molar refractivity (Wildman–Crippen MR) is 167 cm³/mol. The quantitative estimate of drug-likeness (QED) is 0.0937. The van der Waals surface area contributed by atoms with Crippen molar-refractivity contribution in [2.45, 2.75) is 57.2 Å². The van der Waals surface area contributed by atoms with Crippen LogP contribution in [-0.2, 0) is 25.6 Å². The van der Waals surface area contributed by atoms with Crippen LogP contribution in [0.25, 0.3) is 11.1 Å². The monoisotopic (exact) mass is 614 g/mol. The summed E-state index contributed by atoms with van der Waals surface area (Å²) in [4.78, 5) is 49.9. The molecule has 2 aromatic carbocycles. The molecule has 3 atom stereocenters. The zero-order valence-electron chi connectivity index (χ0n) is 25.1. The summed E-state index contributed by atoms with van der Waals surface area (Å²) < 4.78 is 0. The molecule has 14 heteroatoms. The van der Waals surface area contributed by atoms with Gasteiger partial charge in [0.05, 0.1) is 19.1 Å². The second kappa shape index (κ2) is 18.4. The largest absolute Gasteiger partial charge is 0.508 e. The molecule has 4 amide bonds. The van der Waals surface area contributed by atoms with Gasteiger partial charge in [-0.05, 0) is 92.2 Å². The molecule has 0 radical (unpaired) electrons. The highest BCUT2D eigenvalue weighted by Gasteiger charge is 2.25. The first-order valence-corrected chi connectivity index (χ1v) is 14.6. The number of phenols is 2. The summed E-state index contributed by atoms with van der Waals surface area (Å²) in [6.07, 6.45) is 2.01. The smallest absolute Gasteiger partial charge is 0.243 e. The van der Waals surface area contributed by atoms with E-state index in [0.29, 0.717) is 30.5 Å². The van der Waals surface area contributed by atoms with Crippen LogP contribution in [0, 0.1) is 6.92 Å². The Morgan fingerprint density at radius 1 is 0.773 bits per heavy atom. The summed E-state index contributed by atoms with van der Waals surface area (Å²) in [6.45, 7) is 2.09. The van der Waals surface area contributed by atoms with Gasteiger partial charge in [-0.1, -0.05) is 12.1 Å². The third kappa shape index (κ3) is 12.2. The second-order valence-electron chi connectivity index (χ2n) is 10.6. The first-order valence-electron chi connectivity index (χ1n) is 14.6. The summed E-state index contributed by atoms with van der Waals surface area (Å²) in [6, 6.07) is 7.69. The van der Waals surface area contributed by atoms with E-state index in [1.54, 1.807) is 37.3 Å². The Morgan fingerprint density at radius 2 is 1.36 bits per heavy atom. The number of rotatable bonds is 18. The summed E-state index contributed by atoms with van der Waals surface area (Å²) in [7, 11) is 0. The van der Waals surface area contributed by atoms with E-state index in [-0.39, 0.29) is 50.0 Å². The van der Waals surface area contributed by atoms with Gasteiger partial charge in [-0.25, -0.2) is 0 Å². The number of aryl methyl sites for hydroxylation is 1. The van der Waals surface area contributed by atoms with Gasteiger partial charge in [-0.15, -0.1) is 0 Å². The van der Waals surface area contributed by atoms with Gasteiger partial charge >= 0.3 is 0 Å². The third-order valence-corrected chi connectivity index (χ3v) is 6.93. The van der Waals surface area contributed by atoms with Gasteiger partial charge < -0.3 is 54.4 Å². The van der Waals surface area contributed by atoms with Crippen molar-refractivity contribution in [1.29, 1.82) is 0 Å². The number of hydrogen-bond donors (Lipinski definition) is 10. The van der Waals surface area contributed by atoms with Gasteiger partial charge in [0.15, 0.2) is 0 Å². The zero-order valence-corrected chi connectivity index (χ0v) is 25.1. The van der Waals surface area contributed by atoms with Gasteiger partial charge in [0, 0.05) is 19.0 Å². The lowest BCUT2D eigenvalue weighted by atomic mass is 9.97. The number of amides is 4. The predicted octanol–water partition coefficient (Wildman–Crippen LogP) is -1.42. The number of aromatic hydroxyl groups is 2. The van der Waals surface area contributed by atoms with Crippen LogP contribution in [0.1, 0.15) is 36.8 Å². The Labute approximate surface area is 257 Å². The number of nitrogens with one attached hydrogen (secondary N) is 4. The maximum absolute atomic E-state index is 13.0. The highest BCUT2D eigenvalue weighted by atomic mass is 16.3. The van der Waals surface area contributed by atoms with Crippen molar-refractivity contribution in [2.75, 3.05) is 32.7 Å². The first-order chi connectivity index (χ1) is 20.9. The number of carbonyl (C=O) groups is 4. The molecule has 0 aliphatic rings. The lowest BCUT2D eigenvalue weighted by Crippen LogP contribution is -2.53. The zero-order chi connectivity index (χ0) is 32.6. The standard InChI is InChI=1S/C30H46N8O6/c1-18-12-19(6-8-25(18)39)20-7-9-26(40)21(13-20)14-23(34)29(43)38-24(5-3-11-32)30(44)37-17-28(42)36-16-27(41)35-15-22(33)4-2-10-31/h6-9,12-13,22-24,39-40H,2-5,10-11,14-17,31-34H2,1H3,(H,35,41)(H,36,42)(H,37,44)(H,38,43)/t22-,23-,24-/m0/s1. The molecule has 0 heterocycles. The van der Waals surface area contributed by atoms with Crippen LogP contribution in [0.15, 0.2) is 36.4 Å². The van der Waals surface area contributed by atoms with E-state index in [4.69, 9.17) is 22.9 Å². The minimum Gasteiger partial charge on any atom is -0.508 e. The fourth-order valence-corrected chi connectivity index (χ4v) is 4.28. The number of benzene rings is 2. The molecule has 0 spiro atoms. The fraction of sp³-hybridized carbons (Fsp3) is 0.467. The lowest BCUT2D eigenvalue weighted by Gasteiger charge is -2.21. The summed E-state index contributed by atoms with van der Waals surface area (Å²) >= 11 is 0. The van der Waals surface area contributed by atoms with Crippen molar-refractivity contribution in [1.82, 2.24) is 21.3 Å². The van der Waals surface area contributed by atoms with Crippen LogP contribution < -0.4 is 44.2 Å². The van der Waals surface area contributed by atoms with E-state index in [9.17, 15) is 29.4 Å². The Morgan fingerprint density at radius 3 is 2.02 bits per heavy atom. The second-order valence-corrected chi connectivity index (χ2v) is 10.6. The SMILES string of the molecule is Cc1cc(-c2ccc(O)c(C[C@H](N)C(=O)N[C@@H](CCCN)C(=O)NCC(=O)NCC(=O)NC[C@@H](N)CCCN)c2)ccc1O. The molecule has 2 aromatic rings. The maximum atomic E-state index is 13.0. The molecule has 0 unspecified atom stereocenters. The van der Waals surface area contributed by atoms with Crippen molar-refractivity contribution in [3.8, 4) is 22.6 Å². The van der Waals surface area contributed by atoms with Gasteiger partial charge in [0.2, 0.25) is 23.6 Å². The van der Waals surface area contributed by atoms with E-state index >= 15 is 0 Å². The van der Waals surface area contributed by atoms with Crippen molar-refractivity contribution in [2.24, 2.45) is 22.9 Å². The number of hydrogen-bond acceptors (Lipinski definition) is 10. The minimum atomic E-state index is -1.10. The van der Waals surface area contributed by atoms with Crippen LogP contribution in [-0.4, -0.2) is 84.7 Å². The normalized spacial score (nSPS) is 12.9. The van der Waals surface area contributed by atoms with Gasteiger partial charge in [0.1, 0.15) is 17.5 Å². The molecule has 0 saturated carbocycles. The van der Waals surface area contributed by atoms with E-state index in [1.807, 2.05) is 0 Å². The number of carbonyl (C=O) groups excluding carboxylic acids is 4. The van der Waals surface area contributed by atoms with Crippen molar-refractivity contribution in [3.63, 3.8) is 0 Å². The molecule has 0 saturated heterocycles. The molecule has 0 aliphatic carbocycles. The van der Waals surface area contributed by atoms with E-state index in [0.717, 1.165) is 17.5 Å². The summed E-state index contributed by atoms with van der Waals surface area (Å²) in [5.41, 5.74) is 25.8. The van der Waals surface area contributed by atoms with Gasteiger partial charge in [0.25, 0.3) is 0 Å². The van der Waals surface area contributed by atoms with E-state index in [2.05, 4.69) is 21.3 Å². The Hall–Kier alpha value is -4.24. The van der Waals surface area contributed by atoms with Crippen LogP contribution in [0.5, 0.6) is 11.5 Å². The molecule has 2 rings (SSSR count). The minimum absolute atomic E-state index is 0.0177. The Bertz CT molecular complexity index is 1270. The van der Waals surface area contributed by atoms with Crippen molar-refractivity contribution >= 4 is 23.6 Å².